The first kappa shape index (κ1) is 11.0. The summed E-state index contributed by atoms with van der Waals surface area (Å²) in [7, 11) is 0. The Labute approximate surface area is 74.8 Å². The van der Waals surface area contributed by atoms with Crippen LogP contribution in [0.25, 0.3) is 0 Å². The fraction of sp³-hybridized carbons (Fsp3) is 0.833. The number of carbonyl (C=O) groups is 1. The molecule has 0 amide bonds. The van der Waals surface area contributed by atoms with E-state index in [1.54, 1.807) is 0 Å². The Balaban J connectivity index is 2.98. The van der Waals surface area contributed by atoms with E-state index in [1.165, 1.54) is 0 Å². The average molecular weight is 220 g/mol. The van der Waals surface area contributed by atoms with Gasteiger partial charge in [-0.1, -0.05) is 0 Å². The maximum absolute atomic E-state index is 12.7. The van der Waals surface area contributed by atoms with Gasteiger partial charge in [-0.2, -0.15) is 22.0 Å². The Hall–Kier alpha value is -1.08. The van der Waals surface area contributed by atoms with Crippen molar-refractivity contribution < 1.29 is 36.2 Å². The van der Waals surface area contributed by atoms with Crippen LogP contribution in [-0.2, 0) is 9.47 Å². The molecule has 0 aliphatic carbocycles. The first-order chi connectivity index (χ1) is 6.10. The molecule has 0 N–H and O–H groups in total. The van der Waals surface area contributed by atoms with Crippen molar-refractivity contribution in [2.24, 2.45) is 0 Å². The second-order valence-electron chi connectivity index (χ2n) is 2.94. The van der Waals surface area contributed by atoms with Crippen LogP contribution in [0.1, 0.15) is 6.92 Å². The van der Waals surface area contributed by atoms with E-state index >= 15 is 0 Å². The summed E-state index contributed by atoms with van der Waals surface area (Å²) in [5.41, 5.74) is -2.98. The fourth-order valence-electron chi connectivity index (χ4n) is 0.894. The van der Waals surface area contributed by atoms with Crippen LogP contribution in [0.15, 0.2) is 0 Å². The molecule has 0 spiro atoms. The highest BCUT2D eigenvalue weighted by molar-refractivity contribution is 5.63. The summed E-state index contributed by atoms with van der Waals surface area (Å²) < 4.78 is 68.7. The molecular weight excluding hydrogens is 215 g/mol. The molecular formula is C6H5F5O3. The normalized spacial score (nSPS) is 28.6. The Morgan fingerprint density at radius 2 is 1.79 bits per heavy atom. The van der Waals surface area contributed by atoms with Crippen molar-refractivity contribution in [1.82, 2.24) is 0 Å². The van der Waals surface area contributed by atoms with Gasteiger partial charge in [0.2, 0.25) is 5.60 Å². The van der Waals surface area contributed by atoms with Gasteiger partial charge in [0.05, 0.1) is 0 Å². The highest BCUT2D eigenvalue weighted by atomic mass is 19.4. The maximum atomic E-state index is 12.7. The van der Waals surface area contributed by atoms with Gasteiger partial charge in [0.15, 0.2) is 0 Å². The number of carbonyl (C=O) groups excluding carboxylic acids is 1. The smallest absolute Gasteiger partial charge is 0.430 e. The van der Waals surface area contributed by atoms with E-state index in [4.69, 9.17) is 0 Å². The summed E-state index contributed by atoms with van der Waals surface area (Å²) >= 11 is 0. The van der Waals surface area contributed by atoms with Crippen molar-refractivity contribution in [2.45, 2.75) is 24.6 Å². The molecule has 1 heterocycles. The molecule has 0 aromatic carbocycles. The highest BCUT2D eigenvalue weighted by Crippen LogP contribution is 2.46. The van der Waals surface area contributed by atoms with Crippen molar-refractivity contribution in [3.63, 3.8) is 0 Å². The lowest BCUT2D eigenvalue weighted by Gasteiger charge is -2.30. The molecule has 0 bridgehead atoms. The Morgan fingerprint density at radius 1 is 1.29 bits per heavy atom. The van der Waals surface area contributed by atoms with Gasteiger partial charge in [-0.15, -0.1) is 0 Å². The number of alkyl halides is 5. The zero-order valence-corrected chi connectivity index (χ0v) is 6.82. The predicted octanol–water partition coefficient (Wildman–Crippen LogP) is 2.11. The van der Waals surface area contributed by atoms with E-state index in [0.29, 0.717) is 6.92 Å². The van der Waals surface area contributed by atoms with Crippen LogP contribution in [0.3, 0.4) is 0 Å². The van der Waals surface area contributed by atoms with Gasteiger partial charge in [0.25, 0.3) is 0 Å². The molecule has 1 saturated heterocycles. The van der Waals surface area contributed by atoms with Gasteiger partial charge in [-0.25, -0.2) is 4.79 Å². The van der Waals surface area contributed by atoms with Crippen LogP contribution in [0.4, 0.5) is 26.7 Å². The second kappa shape index (κ2) is 2.71. The van der Waals surface area contributed by atoms with Crippen molar-refractivity contribution in [3.05, 3.63) is 0 Å². The summed E-state index contributed by atoms with van der Waals surface area (Å²) in [6, 6.07) is 0. The van der Waals surface area contributed by atoms with Gasteiger partial charge in [0.1, 0.15) is 6.61 Å². The van der Waals surface area contributed by atoms with E-state index in [0.717, 1.165) is 0 Å². The van der Waals surface area contributed by atoms with E-state index in [1.807, 2.05) is 0 Å². The molecule has 0 radical (unpaired) electrons. The molecule has 0 aromatic rings. The molecule has 1 atom stereocenters. The standard InChI is InChI=1S/C6H5F5O3/c1-4(2-13-3(12)14-4)5(7,8)6(9,10)11/h2H2,1H3. The molecule has 1 aliphatic heterocycles. The zero-order chi connectivity index (χ0) is 11.2. The number of ether oxygens (including phenoxy) is 2. The quantitative estimate of drug-likeness (QED) is 0.501. The lowest BCUT2D eigenvalue weighted by atomic mass is 9.99. The number of halogens is 5. The summed E-state index contributed by atoms with van der Waals surface area (Å²) in [4.78, 5) is 10.3. The first-order valence-corrected chi connectivity index (χ1v) is 3.40. The van der Waals surface area contributed by atoms with Gasteiger partial charge in [-0.3, -0.25) is 0 Å². The Morgan fingerprint density at radius 3 is 2.07 bits per heavy atom. The number of rotatable bonds is 1. The Kier molecular flexibility index (Phi) is 2.13. The maximum Gasteiger partial charge on any atom is 0.509 e. The summed E-state index contributed by atoms with van der Waals surface area (Å²) in [5.74, 6) is -5.13. The number of hydrogen-bond donors (Lipinski definition) is 0. The molecule has 0 saturated carbocycles. The lowest BCUT2D eigenvalue weighted by molar-refractivity contribution is -0.331. The summed E-state index contributed by atoms with van der Waals surface area (Å²) in [5, 5.41) is 0. The SMILES string of the molecule is CC1(C(F)(F)C(F)(F)F)COC(=O)O1. The average Bonchev–Trinajstić information content (AvgIpc) is 2.30. The van der Waals surface area contributed by atoms with Crippen LogP contribution >= 0.6 is 0 Å². The third-order valence-corrected chi connectivity index (χ3v) is 1.79. The molecule has 1 fully saturated rings. The molecule has 1 rings (SSSR count). The van der Waals surface area contributed by atoms with Crippen LogP contribution < -0.4 is 0 Å². The van der Waals surface area contributed by atoms with Crippen molar-refractivity contribution in [2.75, 3.05) is 6.61 Å². The predicted molar refractivity (Wildman–Crippen MR) is 31.8 cm³/mol. The molecule has 8 heteroatoms. The number of cyclic esters (lactones) is 2. The minimum atomic E-state index is -5.78. The monoisotopic (exact) mass is 220 g/mol. The number of hydrogen-bond acceptors (Lipinski definition) is 3. The van der Waals surface area contributed by atoms with Crippen molar-refractivity contribution in [3.8, 4) is 0 Å². The third-order valence-electron chi connectivity index (χ3n) is 1.79. The fourth-order valence-corrected chi connectivity index (χ4v) is 0.894. The summed E-state index contributed by atoms with van der Waals surface area (Å²) in [6.45, 7) is -0.663. The van der Waals surface area contributed by atoms with E-state index in [9.17, 15) is 26.7 Å². The molecule has 0 aromatic heterocycles. The first-order valence-electron chi connectivity index (χ1n) is 3.40. The van der Waals surface area contributed by atoms with Gasteiger partial charge >= 0.3 is 18.3 Å². The largest absolute Gasteiger partial charge is 0.509 e. The van der Waals surface area contributed by atoms with Crippen molar-refractivity contribution >= 4 is 6.16 Å². The minimum Gasteiger partial charge on any atom is -0.430 e. The van der Waals surface area contributed by atoms with Crippen LogP contribution in [0, 0.1) is 0 Å². The second-order valence-corrected chi connectivity index (χ2v) is 2.94. The van der Waals surface area contributed by atoms with Gasteiger partial charge in [0, 0.05) is 0 Å². The van der Waals surface area contributed by atoms with Gasteiger partial charge < -0.3 is 9.47 Å². The topological polar surface area (TPSA) is 35.5 Å². The van der Waals surface area contributed by atoms with E-state index in [-0.39, 0.29) is 0 Å². The van der Waals surface area contributed by atoms with Crippen molar-refractivity contribution in [1.29, 1.82) is 0 Å². The van der Waals surface area contributed by atoms with Crippen LogP contribution in [0.5, 0.6) is 0 Å². The molecule has 82 valence electrons. The lowest BCUT2D eigenvalue weighted by Crippen LogP contribution is -2.56. The molecule has 3 nitrogen and oxygen atoms in total. The van der Waals surface area contributed by atoms with E-state index < -0.39 is 30.5 Å². The van der Waals surface area contributed by atoms with Crippen LogP contribution in [0.2, 0.25) is 0 Å². The van der Waals surface area contributed by atoms with Gasteiger partial charge in [-0.05, 0) is 6.92 Å². The molecule has 1 unspecified atom stereocenters. The molecule has 1 aliphatic rings. The van der Waals surface area contributed by atoms with E-state index in [2.05, 4.69) is 9.47 Å². The minimum absolute atomic E-state index is 0.464. The molecule has 14 heavy (non-hydrogen) atoms. The summed E-state index contributed by atoms with van der Waals surface area (Å²) in [6.07, 6.45) is -7.31. The van der Waals surface area contributed by atoms with Crippen LogP contribution in [-0.4, -0.2) is 30.5 Å². The highest BCUT2D eigenvalue weighted by Gasteiger charge is 2.72. The zero-order valence-electron chi connectivity index (χ0n) is 6.82. The third kappa shape index (κ3) is 1.38. The Bertz CT molecular complexity index is 261.